The van der Waals surface area contributed by atoms with Crippen molar-refractivity contribution in [3.63, 3.8) is 0 Å². The standard InChI is InChI=1S/C21H23NO5S/c1-3-28(25,26)19-10-5-4-9-18(19)21(24)27-14(2)20(23)22-17-12-11-15-7-6-8-16(15)13-17/h4-5,9-14H,3,6-8H2,1-2H3,(H,22,23)/t14-/m0/s1. The molecule has 2 aromatic carbocycles. The first kappa shape index (κ1) is 20.1. The second kappa shape index (κ2) is 8.14. The second-order valence-electron chi connectivity index (χ2n) is 6.77. The monoisotopic (exact) mass is 401 g/mol. The first-order valence-corrected chi connectivity index (χ1v) is 10.9. The molecule has 1 amide bonds. The number of nitrogens with one attached hydrogen (secondary N) is 1. The van der Waals surface area contributed by atoms with Crippen LogP contribution in [0, 0.1) is 0 Å². The molecule has 6 nitrogen and oxygen atoms in total. The Morgan fingerprint density at radius 1 is 1.11 bits per heavy atom. The molecular weight excluding hydrogens is 378 g/mol. The topological polar surface area (TPSA) is 89.5 Å². The van der Waals surface area contributed by atoms with E-state index < -0.39 is 27.8 Å². The third kappa shape index (κ3) is 4.25. The average molecular weight is 401 g/mol. The zero-order chi connectivity index (χ0) is 20.3. The van der Waals surface area contributed by atoms with Crippen LogP contribution in [0.5, 0.6) is 0 Å². The number of rotatable bonds is 6. The lowest BCUT2D eigenvalue weighted by Crippen LogP contribution is -2.30. The van der Waals surface area contributed by atoms with Gasteiger partial charge in [-0.25, -0.2) is 13.2 Å². The van der Waals surface area contributed by atoms with E-state index in [0.29, 0.717) is 5.69 Å². The van der Waals surface area contributed by atoms with Crippen molar-refractivity contribution >= 4 is 27.4 Å². The number of hydrogen-bond donors (Lipinski definition) is 1. The Balaban J connectivity index is 1.70. The van der Waals surface area contributed by atoms with Crippen LogP contribution >= 0.6 is 0 Å². The van der Waals surface area contributed by atoms with E-state index in [9.17, 15) is 18.0 Å². The Hall–Kier alpha value is -2.67. The number of ether oxygens (including phenoxy) is 1. The third-order valence-electron chi connectivity index (χ3n) is 4.84. The fourth-order valence-corrected chi connectivity index (χ4v) is 4.32. The average Bonchev–Trinajstić information content (AvgIpc) is 3.15. The summed E-state index contributed by atoms with van der Waals surface area (Å²) in [6.45, 7) is 2.96. The molecule has 1 atom stereocenters. The van der Waals surface area contributed by atoms with Gasteiger partial charge in [-0.3, -0.25) is 4.79 Å². The molecule has 0 bridgehead atoms. The highest BCUT2D eigenvalue weighted by atomic mass is 32.2. The predicted molar refractivity (Wildman–Crippen MR) is 106 cm³/mol. The molecule has 0 saturated heterocycles. The highest BCUT2D eigenvalue weighted by Crippen LogP contribution is 2.25. The predicted octanol–water partition coefficient (Wildman–Crippen LogP) is 3.15. The minimum absolute atomic E-state index is 0.0680. The van der Waals surface area contributed by atoms with E-state index in [-0.39, 0.29) is 16.2 Å². The number of sulfone groups is 1. The fourth-order valence-electron chi connectivity index (χ4n) is 3.23. The number of fused-ring (bicyclic) bond motifs is 1. The summed E-state index contributed by atoms with van der Waals surface area (Å²) in [6.07, 6.45) is 2.09. The summed E-state index contributed by atoms with van der Waals surface area (Å²) >= 11 is 0. The second-order valence-corrected chi connectivity index (χ2v) is 9.02. The van der Waals surface area contributed by atoms with Gasteiger partial charge in [0.1, 0.15) is 0 Å². The molecular formula is C21H23NO5S. The van der Waals surface area contributed by atoms with Crippen molar-refractivity contribution in [3.8, 4) is 0 Å². The van der Waals surface area contributed by atoms with Crippen LogP contribution in [0.15, 0.2) is 47.4 Å². The molecule has 148 valence electrons. The molecule has 0 fully saturated rings. The van der Waals surface area contributed by atoms with Crippen LogP contribution < -0.4 is 5.32 Å². The van der Waals surface area contributed by atoms with Crippen molar-refractivity contribution in [1.82, 2.24) is 0 Å². The summed E-state index contributed by atoms with van der Waals surface area (Å²) in [5.74, 6) is -1.45. The zero-order valence-electron chi connectivity index (χ0n) is 15.9. The number of hydrogen-bond acceptors (Lipinski definition) is 5. The van der Waals surface area contributed by atoms with Crippen LogP contribution in [-0.4, -0.2) is 32.2 Å². The summed E-state index contributed by atoms with van der Waals surface area (Å²) in [5.41, 5.74) is 3.11. The summed E-state index contributed by atoms with van der Waals surface area (Å²) < 4.78 is 29.6. The van der Waals surface area contributed by atoms with Gasteiger partial charge in [-0.1, -0.05) is 25.1 Å². The number of carbonyl (C=O) groups is 2. The molecule has 28 heavy (non-hydrogen) atoms. The van der Waals surface area contributed by atoms with Crippen LogP contribution in [-0.2, 0) is 32.2 Å². The minimum atomic E-state index is -3.59. The van der Waals surface area contributed by atoms with Gasteiger partial charge in [-0.15, -0.1) is 0 Å². The molecule has 1 N–H and O–H groups in total. The number of esters is 1. The number of anilines is 1. The summed E-state index contributed by atoms with van der Waals surface area (Å²) in [5, 5.41) is 2.75. The first-order valence-electron chi connectivity index (χ1n) is 9.27. The molecule has 0 unspecified atom stereocenters. The smallest absolute Gasteiger partial charge is 0.340 e. The Bertz CT molecular complexity index is 1010. The van der Waals surface area contributed by atoms with E-state index in [0.717, 1.165) is 19.3 Å². The van der Waals surface area contributed by atoms with Gasteiger partial charge in [0.05, 0.1) is 16.2 Å². The lowest BCUT2D eigenvalue weighted by atomic mass is 10.1. The van der Waals surface area contributed by atoms with Gasteiger partial charge < -0.3 is 10.1 Å². The largest absolute Gasteiger partial charge is 0.449 e. The van der Waals surface area contributed by atoms with E-state index >= 15 is 0 Å². The Kier molecular flexibility index (Phi) is 5.84. The lowest BCUT2D eigenvalue weighted by Gasteiger charge is -2.15. The minimum Gasteiger partial charge on any atom is -0.449 e. The van der Waals surface area contributed by atoms with E-state index in [1.165, 1.54) is 37.1 Å². The normalized spacial score (nSPS) is 14.2. The summed E-state index contributed by atoms with van der Waals surface area (Å²) in [6, 6.07) is 11.6. The van der Waals surface area contributed by atoms with E-state index in [1.807, 2.05) is 18.2 Å². The molecule has 7 heteroatoms. The molecule has 0 spiro atoms. The third-order valence-corrected chi connectivity index (χ3v) is 6.63. The maximum absolute atomic E-state index is 12.5. The van der Waals surface area contributed by atoms with Crippen LogP contribution in [0.1, 0.15) is 41.8 Å². The van der Waals surface area contributed by atoms with Crippen LogP contribution in [0.4, 0.5) is 5.69 Å². The van der Waals surface area contributed by atoms with Crippen LogP contribution in [0.3, 0.4) is 0 Å². The number of benzene rings is 2. The van der Waals surface area contributed by atoms with Gasteiger partial charge in [0.15, 0.2) is 15.9 Å². The van der Waals surface area contributed by atoms with Gasteiger partial charge in [-0.05, 0) is 61.6 Å². The molecule has 1 aliphatic rings. The molecule has 0 aliphatic heterocycles. The number of carbonyl (C=O) groups excluding carboxylic acids is 2. The Morgan fingerprint density at radius 2 is 1.82 bits per heavy atom. The molecule has 2 aromatic rings. The highest BCUT2D eigenvalue weighted by Gasteiger charge is 2.25. The van der Waals surface area contributed by atoms with Crippen LogP contribution in [0.25, 0.3) is 0 Å². The van der Waals surface area contributed by atoms with Crippen molar-refractivity contribution in [2.75, 3.05) is 11.1 Å². The molecule has 0 aromatic heterocycles. The first-order chi connectivity index (χ1) is 13.3. The van der Waals surface area contributed by atoms with E-state index in [2.05, 4.69) is 5.32 Å². The van der Waals surface area contributed by atoms with Crippen molar-refractivity contribution in [2.24, 2.45) is 0 Å². The molecule has 3 rings (SSSR count). The van der Waals surface area contributed by atoms with E-state index in [4.69, 9.17) is 4.74 Å². The van der Waals surface area contributed by atoms with Crippen LogP contribution in [0.2, 0.25) is 0 Å². The zero-order valence-corrected chi connectivity index (χ0v) is 16.7. The number of amides is 1. The quantitative estimate of drug-likeness (QED) is 0.751. The van der Waals surface area contributed by atoms with Crippen molar-refractivity contribution in [3.05, 3.63) is 59.2 Å². The van der Waals surface area contributed by atoms with Crippen molar-refractivity contribution in [2.45, 2.75) is 44.1 Å². The van der Waals surface area contributed by atoms with Crippen molar-refractivity contribution < 1.29 is 22.7 Å². The summed E-state index contributed by atoms with van der Waals surface area (Å²) in [4.78, 5) is 24.8. The molecule has 0 heterocycles. The Labute approximate surface area is 164 Å². The lowest BCUT2D eigenvalue weighted by molar-refractivity contribution is -0.123. The van der Waals surface area contributed by atoms with Gasteiger partial charge in [-0.2, -0.15) is 0 Å². The molecule has 1 aliphatic carbocycles. The highest BCUT2D eigenvalue weighted by molar-refractivity contribution is 7.91. The SMILES string of the molecule is CCS(=O)(=O)c1ccccc1C(=O)O[C@@H](C)C(=O)Nc1ccc2c(c1)CCC2. The maximum Gasteiger partial charge on any atom is 0.340 e. The van der Waals surface area contributed by atoms with Crippen molar-refractivity contribution in [1.29, 1.82) is 0 Å². The van der Waals surface area contributed by atoms with Gasteiger partial charge >= 0.3 is 5.97 Å². The maximum atomic E-state index is 12.5. The Morgan fingerprint density at radius 3 is 2.57 bits per heavy atom. The molecule has 0 saturated carbocycles. The molecule has 0 radical (unpaired) electrons. The fraction of sp³-hybridized carbons (Fsp3) is 0.333. The van der Waals surface area contributed by atoms with E-state index in [1.54, 1.807) is 12.1 Å². The van der Waals surface area contributed by atoms with Gasteiger partial charge in [0.25, 0.3) is 5.91 Å². The number of aryl methyl sites for hydroxylation is 2. The summed E-state index contributed by atoms with van der Waals surface area (Å²) in [7, 11) is -3.59. The van der Waals surface area contributed by atoms with Gasteiger partial charge in [0.2, 0.25) is 0 Å². The van der Waals surface area contributed by atoms with Gasteiger partial charge in [0, 0.05) is 5.69 Å².